The van der Waals surface area contributed by atoms with E-state index >= 15 is 0 Å². The summed E-state index contributed by atoms with van der Waals surface area (Å²) in [6.45, 7) is 2.29. The smallest absolute Gasteiger partial charge is 0.284 e. The first-order chi connectivity index (χ1) is 13.3. The van der Waals surface area contributed by atoms with Crippen LogP contribution in [0.2, 0.25) is 0 Å². The summed E-state index contributed by atoms with van der Waals surface area (Å²) < 4.78 is 8.58. The second-order valence-electron chi connectivity index (χ2n) is 6.42. The van der Waals surface area contributed by atoms with Gasteiger partial charge in [0.2, 0.25) is 5.95 Å². The molecule has 1 aliphatic heterocycles. The van der Waals surface area contributed by atoms with Crippen LogP contribution < -0.4 is 10.9 Å². The van der Waals surface area contributed by atoms with Crippen LogP contribution in [0.5, 0.6) is 0 Å². The minimum absolute atomic E-state index is 0.0571. The van der Waals surface area contributed by atoms with Gasteiger partial charge >= 0.3 is 0 Å². The molecule has 0 spiro atoms. The van der Waals surface area contributed by atoms with E-state index in [1.807, 2.05) is 18.2 Å². The average Bonchev–Trinajstić information content (AvgIpc) is 3.11. The van der Waals surface area contributed by atoms with Gasteiger partial charge in [0.25, 0.3) is 5.56 Å². The van der Waals surface area contributed by atoms with Crippen molar-refractivity contribution in [2.45, 2.75) is 19.8 Å². The van der Waals surface area contributed by atoms with Crippen molar-refractivity contribution in [2.24, 2.45) is 0 Å². The highest BCUT2D eigenvalue weighted by Gasteiger charge is 2.21. The van der Waals surface area contributed by atoms with E-state index in [1.165, 1.54) is 11.9 Å². The number of hydrogen-bond donors (Lipinski definition) is 2. The van der Waals surface area contributed by atoms with E-state index in [-0.39, 0.29) is 25.5 Å². The normalized spacial score (nSPS) is 14.3. The fourth-order valence-electron chi connectivity index (χ4n) is 3.13. The van der Waals surface area contributed by atoms with E-state index in [0.29, 0.717) is 30.4 Å². The second kappa shape index (κ2) is 7.87. The van der Waals surface area contributed by atoms with Gasteiger partial charge in [-0.2, -0.15) is 4.98 Å². The minimum Gasteiger partial charge on any atom is -0.394 e. The highest BCUT2D eigenvalue weighted by atomic mass is 16.5. The lowest BCUT2D eigenvalue weighted by Crippen LogP contribution is -2.43. The first-order valence-corrected chi connectivity index (χ1v) is 8.90. The molecule has 4 rings (SSSR count). The van der Waals surface area contributed by atoms with Gasteiger partial charge in [-0.1, -0.05) is 30.3 Å². The topological polar surface area (TPSA) is 97.4 Å². The first-order valence-electron chi connectivity index (χ1n) is 8.90. The molecule has 3 heterocycles. The van der Waals surface area contributed by atoms with Gasteiger partial charge in [-0.3, -0.25) is 18.8 Å². The summed E-state index contributed by atoms with van der Waals surface area (Å²) in [6.07, 6.45) is 2.45. The van der Waals surface area contributed by atoms with Crippen molar-refractivity contribution in [1.82, 2.24) is 24.0 Å². The predicted molar refractivity (Wildman–Crippen MR) is 100 cm³/mol. The van der Waals surface area contributed by atoms with Gasteiger partial charge in [0.1, 0.15) is 6.73 Å². The quantitative estimate of drug-likeness (QED) is 0.583. The number of imidazole rings is 1. The van der Waals surface area contributed by atoms with E-state index in [0.717, 1.165) is 13.0 Å². The summed E-state index contributed by atoms with van der Waals surface area (Å²) >= 11 is 0. The maximum absolute atomic E-state index is 12.8. The van der Waals surface area contributed by atoms with Crippen LogP contribution in [0, 0.1) is 0 Å². The van der Waals surface area contributed by atoms with Gasteiger partial charge in [0.05, 0.1) is 32.9 Å². The van der Waals surface area contributed by atoms with Crippen LogP contribution in [0.15, 0.2) is 41.5 Å². The van der Waals surface area contributed by atoms with Gasteiger partial charge in [-0.25, -0.2) is 4.98 Å². The largest absolute Gasteiger partial charge is 0.394 e. The van der Waals surface area contributed by atoms with Crippen molar-refractivity contribution < 1.29 is 9.84 Å². The van der Waals surface area contributed by atoms with Crippen molar-refractivity contribution in [3.05, 3.63) is 52.6 Å². The Morgan fingerprint density at radius 3 is 2.93 bits per heavy atom. The van der Waals surface area contributed by atoms with Gasteiger partial charge in [0, 0.05) is 6.54 Å². The predicted octanol–water partition coefficient (Wildman–Crippen LogP) is 0.445. The fourth-order valence-corrected chi connectivity index (χ4v) is 3.13. The Labute approximate surface area is 155 Å². The summed E-state index contributed by atoms with van der Waals surface area (Å²) in [5.41, 5.74) is 1.89. The number of ether oxygens (including phenoxy) is 1. The molecule has 2 aromatic heterocycles. The van der Waals surface area contributed by atoms with Crippen LogP contribution in [-0.2, 0) is 24.6 Å². The Kier molecular flexibility index (Phi) is 5.14. The average molecular weight is 370 g/mol. The zero-order valence-corrected chi connectivity index (χ0v) is 14.9. The number of aliphatic hydroxyl groups is 1. The zero-order chi connectivity index (χ0) is 18.6. The van der Waals surface area contributed by atoms with Crippen LogP contribution in [0.3, 0.4) is 0 Å². The summed E-state index contributed by atoms with van der Waals surface area (Å²) in [7, 11) is 0. The van der Waals surface area contributed by atoms with Crippen LogP contribution in [0.1, 0.15) is 5.56 Å². The van der Waals surface area contributed by atoms with Gasteiger partial charge in [0.15, 0.2) is 11.2 Å². The third-order valence-corrected chi connectivity index (χ3v) is 4.55. The summed E-state index contributed by atoms with van der Waals surface area (Å²) in [6, 6.07) is 10.3. The molecule has 0 saturated heterocycles. The maximum Gasteiger partial charge on any atom is 0.284 e. The second-order valence-corrected chi connectivity index (χ2v) is 6.42. The Balaban J connectivity index is 1.51. The van der Waals surface area contributed by atoms with E-state index in [4.69, 9.17) is 9.84 Å². The molecule has 0 bridgehead atoms. The highest BCUT2D eigenvalue weighted by Crippen LogP contribution is 2.15. The van der Waals surface area contributed by atoms with Crippen LogP contribution in [0.4, 0.5) is 5.95 Å². The molecule has 142 valence electrons. The number of aromatic nitrogens is 4. The monoisotopic (exact) mass is 370 g/mol. The highest BCUT2D eigenvalue weighted by molar-refractivity contribution is 5.71. The number of anilines is 1. The Morgan fingerprint density at radius 1 is 1.26 bits per heavy atom. The van der Waals surface area contributed by atoms with E-state index in [9.17, 15) is 4.79 Å². The molecule has 9 nitrogen and oxygen atoms in total. The van der Waals surface area contributed by atoms with Crippen LogP contribution >= 0.6 is 0 Å². The first kappa shape index (κ1) is 17.7. The Bertz CT molecular complexity index is 968. The van der Waals surface area contributed by atoms with Crippen LogP contribution in [-0.4, -0.2) is 55.5 Å². The molecule has 1 aromatic carbocycles. The third-order valence-electron chi connectivity index (χ3n) is 4.55. The molecular weight excluding hydrogens is 348 g/mol. The summed E-state index contributed by atoms with van der Waals surface area (Å²) in [5, 5.41) is 12.0. The zero-order valence-electron chi connectivity index (χ0n) is 14.9. The van der Waals surface area contributed by atoms with Crippen molar-refractivity contribution in [3.8, 4) is 0 Å². The Morgan fingerprint density at radius 2 is 2.11 bits per heavy atom. The lowest BCUT2D eigenvalue weighted by atomic mass is 10.1. The SMILES string of the molecule is O=c1c2ncn(COCCO)c2nc2n1CN(CCc1ccccc1)CN2. The lowest BCUT2D eigenvalue weighted by Gasteiger charge is -2.30. The molecule has 1 aliphatic rings. The summed E-state index contributed by atoms with van der Waals surface area (Å²) in [5.74, 6) is 0.535. The number of benzene rings is 1. The van der Waals surface area contributed by atoms with Crippen molar-refractivity contribution in [1.29, 1.82) is 0 Å². The number of nitrogens with one attached hydrogen (secondary N) is 1. The minimum atomic E-state index is -0.173. The number of nitrogens with zero attached hydrogens (tertiary/aromatic N) is 5. The number of aliphatic hydroxyl groups excluding tert-OH is 1. The molecule has 0 radical (unpaired) electrons. The molecule has 9 heteroatoms. The van der Waals surface area contributed by atoms with Crippen LogP contribution in [0.25, 0.3) is 11.2 Å². The Hall–Kier alpha value is -2.75. The molecule has 0 unspecified atom stereocenters. The third kappa shape index (κ3) is 3.70. The van der Waals surface area contributed by atoms with E-state index in [1.54, 1.807) is 9.13 Å². The van der Waals surface area contributed by atoms with Gasteiger partial charge in [-0.15, -0.1) is 0 Å². The number of rotatable bonds is 7. The van der Waals surface area contributed by atoms with Crippen molar-refractivity contribution in [3.63, 3.8) is 0 Å². The molecule has 3 aromatic rings. The molecular formula is C18H22N6O3. The fraction of sp³-hybridized carbons (Fsp3) is 0.389. The molecule has 0 atom stereocenters. The van der Waals surface area contributed by atoms with Gasteiger partial charge < -0.3 is 15.2 Å². The van der Waals surface area contributed by atoms with E-state index < -0.39 is 0 Å². The van der Waals surface area contributed by atoms with E-state index in [2.05, 4.69) is 32.3 Å². The lowest BCUT2D eigenvalue weighted by molar-refractivity contribution is 0.0499. The van der Waals surface area contributed by atoms with Gasteiger partial charge in [-0.05, 0) is 12.0 Å². The molecule has 0 amide bonds. The standard InChI is InChI=1S/C18H22N6O3/c25-8-9-27-13-23-11-19-15-16(23)21-18-20-10-22(12-24(18)17(15)26)7-6-14-4-2-1-3-5-14/h1-5,11,25H,6-10,12-13H2,(H,20,21). The molecule has 0 aliphatic carbocycles. The van der Waals surface area contributed by atoms with Crippen molar-refractivity contribution in [2.75, 3.05) is 31.7 Å². The molecule has 2 N–H and O–H groups in total. The summed E-state index contributed by atoms with van der Waals surface area (Å²) in [4.78, 5) is 23.8. The molecule has 0 fully saturated rings. The van der Waals surface area contributed by atoms with Crippen molar-refractivity contribution >= 4 is 17.1 Å². The number of hydrogen-bond acceptors (Lipinski definition) is 7. The molecule has 0 saturated carbocycles. The number of fused-ring (bicyclic) bond motifs is 2. The maximum atomic E-state index is 12.8. The molecule has 27 heavy (non-hydrogen) atoms.